The summed E-state index contributed by atoms with van der Waals surface area (Å²) in [6, 6.07) is 21.2. The van der Waals surface area contributed by atoms with Gasteiger partial charge in [-0.1, -0.05) is 87.5 Å². The summed E-state index contributed by atoms with van der Waals surface area (Å²) in [5.74, 6) is 0. The lowest BCUT2D eigenvalue weighted by Gasteiger charge is -2.44. The molecular formula is C22H30O2Si. The lowest BCUT2D eigenvalue weighted by atomic mass is 10.2. The van der Waals surface area contributed by atoms with E-state index in [1.807, 2.05) is 18.2 Å². The molecule has 1 N–H and O–H groups in total. The molecule has 0 aliphatic rings. The Hall–Kier alpha value is -1.68. The van der Waals surface area contributed by atoms with Gasteiger partial charge in [0.05, 0.1) is 6.10 Å². The number of aliphatic hydroxyl groups excluding tert-OH is 1. The average Bonchev–Trinajstić information content (AvgIpc) is 2.62. The molecule has 2 aromatic rings. The minimum atomic E-state index is -2.54. The van der Waals surface area contributed by atoms with Crippen molar-refractivity contribution in [3.63, 3.8) is 0 Å². The van der Waals surface area contributed by atoms with Crippen LogP contribution in [0.15, 0.2) is 73.3 Å². The van der Waals surface area contributed by atoms with Gasteiger partial charge >= 0.3 is 0 Å². The molecule has 0 amide bonds. The molecule has 0 aromatic heterocycles. The lowest BCUT2D eigenvalue weighted by Crippen LogP contribution is -2.67. The van der Waals surface area contributed by atoms with Gasteiger partial charge in [-0.25, -0.2) is 0 Å². The van der Waals surface area contributed by atoms with Crippen LogP contribution in [-0.4, -0.2) is 26.1 Å². The molecule has 3 heteroatoms. The molecular weight excluding hydrogens is 324 g/mol. The number of hydrogen-bond acceptors (Lipinski definition) is 2. The van der Waals surface area contributed by atoms with Crippen LogP contribution < -0.4 is 10.4 Å². The minimum absolute atomic E-state index is 0.0455. The van der Waals surface area contributed by atoms with E-state index in [9.17, 15) is 5.11 Å². The molecule has 0 spiro atoms. The summed E-state index contributed by atoms with van der Waals surface area (Å²) in [7, 11) is -2.54. The Morgan fingerprint density at radius 2 is 1.48 bits per heavy atom. The number of benzene rings is 2. The van der Waals surface area contributed by atoms with Crippen molar-refractivity contribution in [3.05, 3.63) is 73.3 Å². The molecule has 0 radical (unpaired) electrons. The Kier molecular flexibility index (Phi) is 6.76. The highest BCUT2D eigenvalue weighted by molar-refractivity contribution is 6.99. The predicted molar refractivity (Wildman–Crippen MR) is 109 cm³/mol. The van der Waals surface area contributed by atoms with Crippen LogP contribution in [0.4, 0.5) is 0 Å². The van der Waals surface area contributed by atoms with Crippen molar-refractivity contribution in [2.75, 3.05) is 6.61 Å². The minimum Gasteiger partial charge on any atom is -0.401 e. The number of aliphatic hydroxyl groups is 1. The van der Waals surface area contributed by atoms with Gasteiger partial charge in [0, 0.05) is 6.61 Å². The Morgan fingerprint density at radius 3 is 1.84 bits per heavy atom. The Balaban J connectivity index is 2.62. The van der Waals surface area contributed by atoms with Crippen molar-refractivity contribution in [2.45, 2.75) is 44.8 Å². The van der Waals surface area contributed by atoms with Crippen LogP contribution in [0.2, 0.25) is 5.04 Å². The van der Waals surface area contributed by atoms with Gasteiger partial charge in [-0.05, 0) is 28.3 Å². The predicted octanol–water partition coefficient (Wildman–Crippen LogP) is 3.89. The first-order valence-corrected chi connectivity index (χ1v) is 10.9. The van der Waals surface area contributed by atoms with Crippen LogP contribution in [-0.2, 0) is 4.43 Å². The van der Waals surface area contributed by atoms with Crippen molar-refractivity contribution >= 4 is 18.7 Å². The van der Waals surface area contributed by atoms with Gasteiger partial charge in [-0.15, -0.1) is 6.58 Å². The second-order valence-corrected chi connectivity index (χ2v) is 11.7. The highest BCUT2D eigenvalue weighted by Crippen LogP contribution is 2.38. The SMILES string of the molecule is C=C[C@@H](CCCO)O[Si](c1ccccc1)(c1ccccc1)C(C)(C)C. The summed E-state index contributed by atoms with van der Waals surface area (Å²) in [6.07, 6.45) is 3.31. The number of rotatable bonds is 8. The summed E-state index contributed by atoms with van der Waals surface area (Å²) in [6.45, 7) is 11.0. The molecule has 1 atom stereocenters. The summed E-state index contributed by atoms with van der Waals surface area (Å²) in [5.41, 5.74) is 0. The molecule has 0 bridgehead atoms. The summed E-state index contributed by atoms with van der Waals surface area (Å²) in [4.78, 5) is 0. The van der Waals surface area contributed by atoms with E-state index in [-0.39, 0.29) is 17.7 Å². The van der Waals surface area contributed by atoms with Gasteiger partial charge in [-0.3, -0.25) is 0 Å². The highest BCUT2D eigenvalue weighted by atomic mass is 28.4. The molecule has 0 saturated carbocycles. The molecule has 0 saturated heterocycles. The molecule has 0 heterocycles. The maximum Gasteiger partial charge on any atom is 0.261 e. The molecule has 0 aliphatic carbocycles. The van der Waals surface area contributed by atoms with Crippen molar-refractivity contribution in [3.8, 4) is 0 Å². The molecule has 2 nitrogen and oxygen atoms in total. The van der Waals surface area contributed by atoms with E-state index in [2.05, 4.69) is 75.9 Å². The fourth-order valence-electron chi connectivity index (χ4n) is 3.44. The van der Waals surface area contributed by atoms with Crippen molar-refractivity contribution in [1.82, 2.24) is 0 Å². The smallest absolute Gasteiger partial charge is 0.261 e. The van der Waals surface area contributed by atoms with Crippen molar-refractivity contribution < 1.29 is 9.53 Å². The first-order valence-electron chi connectivity index (χ1n) is 8.98. The molecule has 0 fully saturated rings. The van der Waals surface area contributed by atoms with Gasteiger partial charge < -0.3 is 9.53 Å². The van der Waals surface area contributed by atoms with Crippen LogP contribution in [0.25, 0.3) is 0 Å². The second-order valence-electron chi connectivity index (χ2n) is 7.42. The molecule has 25 heavy (non-hydrogen) atoms. The van der Waals surface area contributed by atoms with Gasteiger partial charge in [-0.2, -0.15) is 0 Å². The zero-order valence-corrected chi connectivity index (χ0v) is 16.6. The van der Waals surface area contributed by atoms with E-state index < -0.39 is 8.32 Å². The van der Waals surface area contributed by atoms with Gasteiger partial charge in [0.15, 0.2) is 0 Å². The average molecular weight is 355 g/mol. The van der Waals surface area contributed by atoms with Crippen LogP contribution in [0.3, 0.4) is 0 Å². The largest absolute Gasteiger partial charge is 0.401 e. The maximum atomic E-state index is 9.22. The molecule has 2 rings (SSSR count). The van der Waals surface area contributed by atoms with Gasteiger partial charge in [0.2, 0.25) is 0 Å². The first-order chi connectivity index (χ1) is 12.0. The van der Waals surface area contributed by atoms with E-state index in [0.29, 0.717) is 0 Å². The zero-order valence-electron chi connectivity index (χ0n) is 15.6. The lowest BCUT2D eigenvalue weighted by molar-refractivity contribution is 0.199. The van der Waals surface area contributed by atoms with E-state index in [4.69, 9.17) is 4.43 Å². The van der Waals surface area contributed by atoms with E-state index in [1.54, 1.807) is 0 Å². The number of hydrogen-bond donors (Lipinski definition) is 1. The third-order valence-electron chi connectivity index (χ3n) is 4.65. The van der Waals surface area contributed by atoms with Crippen LogP contribution in [0.1, 0.15) is 33.6 Å². The van der Waals surface area contributed by atoms with Crippen LogP contribution in [0, 0.1) is 0 Å². The highest BCUT2D eigenvalue weighted by Gasteiger charge is 2.51. The second kappa shape index (κ2) is 8.61. The molecule has 0 aliphatic heterocycles. The van der Waals surface area contributed by atoms with Crippen molar-refractivity contribution in [1.29, 1.82) is 0 Å². The van der Waals surface area contributed by atoms with Crippen molar-refractivity contribution in [2.24, 2.45) is 0 Å². The van der Waals surface area contributed by atoms with Crippen LogP contribution in [0.5, 0.6) is 0 Å². The fraction of sp³-hybridized carbons (Fsp3) is 0.364. The maximum absolute atomic E-state index is 9.22. The van der Waals surface area contributed by atoms with E-state index in [1.165, 1.54) is 10.4 Å². The first kappa shape index (κ1) is 19.6. The zero-order chi connectivity index (χ0) is 18.3. The standard InChI is InChI=1S/C22H30O2Si/c1-5-19(13-12-18-23)24-25(22(2,3)4,20-14-8-6-9-15-20)21-16-10-7-11-17-21/h5-11,14-17,19,23H,1,12-13,18H2,2-4H3/t19-/m0/s1. The molecule has 0 unspecified atom stereocenters. The van der Waals surface area contributed by atoms with Crippen LogP contribution >= 0.6 is 0 Å². The van der Waals surface area contributed by atoms with Gasteiger partial charge in [0.1, 0.15) is 0 Å². The third kappa shape index (κ3) is 4.29. The molecule has 134 valence electrons. The Bertz CT molecular complexity index is 607. The quantitative estimate of drug-likeness (QED) is 0.576. The summed E-state index contributed by atoms with van der Waals surface area (Å²) in [5, 5.41) is 11.7. The third-order valence-corrected chi connectivity index (χ3v) is 9.72. The normalized spacial score (nSPS) is 13.4. The summed E-state index contributed by atoms with van der Waals surface area (Å²) >= 11 is 0. The molecule has 2 aromatic carbocycles. The fourth-order valence-corrected chi connectivity index (χ4v) is 8.12. The van der Waals surface area contributed by atoms with Gasteiger partial charge in [0.25, 0.3) is 8.32 Å². The topological polar surface area (TPSA) is 29.5 Å². The monoisotopic (exact) mass is 354 g/mol. The van der Waals surface area contributed by atoms with E-state index >= 15 is 0 Å². The Morgan fingerprint density at radius 1 is 1.00 bits per heavy atom. The summed E-state index contributed by atoms with van der Waals surface area (Å²) < 4.78 is 6.94. The Labute approximate surface area is 153 Å². The van der Waals surface area contributed by atoms with E-state index in [0.717, 1.165) is 12.8 Å².